The van der Waals surface area contributed by atoms with Gasteiger partial charge in [-0.05, 0) is 164 Å². The van der Waals surface area contributed by atoms with Crippen LogP contribution in [0.15, 0.2) is 237 Å². The Bertz CT molecular complexity index is 2890. The van der Waals surface area contributed by atoms with Gasteiger partial charge in [0.1, 0.15) is 0 Å². The van der Waals surface area contributed by atoms with Crippen LogP contribution in [0.1, 0.15) is 68.3 Å². The van der Waals surface area contributed by atoms with Gasteiger partial charge in [0.2, 0.25) is 0 Å². The minimum atomic E-state index is 0.260. The van der Waals surface area contributed by atoms with E-state index in [1.165, 1.54) is 50.1 Å². The SMILES string of the molecule is Cc1cccc(CC[C@@H](Cc2ccc(N(c3ccc(CC(c4ccccc4)c4cccc(C)c4)cc3)c3ccc(N(c4ccccc4)c4cccc(C)c4)cc3)cc2)c2ccccc2)c1. The molecule has 1 unspecified atom stereocenters. The van der Waals surface area contributed by atoms with Gasteiger partial charge in [-0.15, -0.1) is 0 Å². The molecule has 9 aromatic rings. The maximum absolute atomic E-state index is 2.40. The molecule has 65 heavy (non-hydrogen) atoms. The van der Waals surface area contributed by atoms with E-state index in [9.17, 15) is 0 Å². The number of anilines is 6. The van der Waals surface area contributed by atoms with Crippen LogP contribution >= 0.6 is 0 Å². The number of benzene rings is 9. The normalized spacial score (nSPS) is 12.0. The highest BCUT2D eigenvalue weighted by atomic mass is 15.2. The van der Waals surface area contributed by atoms with Crippen molar-refractivity contribution in [3.05, 3.63) is 287 Å². The fourth-order valence-electron chi connectivity index (χ4n) is 9.39. The van der Waals surface area contributed by atoms with Crippen molar-refractivity contribution < 1.29 is 0 Å². The molecule has 0 heterocycles. The fraction of sp³-hybridized carbons (Fsp3) is 0.143. The predicted octanol–water partition coefficient (Wildman–Crippen LogP) is 16.9. The molecule has 0 radical (unpaired) electrons. The molecule has 0 aliphatic heterocycles. The second-order valence-corrected chi connectivity index (χ2v) is 17.6. The van der Waals surface area contributed by atoms with Crippen LogP contribution < -0.4 is 9.80 Å². The third kappa shape index (κ3) is 10.7. The first-order valence-electron chi connectivity index (χ1n) is 23.2. The van der Waals surface area contributed by atoms with Crippen molar-refractivity contribution in [1.82, 2.24) is 0 Å². The number of aryl methyl sites for hydroxylation is 4. The summed E-state index contributed by atoms with van der Waals surface area (Å²) in [4.78, 5) is 4.74. The van der Waals surface area contributed by atoms with Gasteiger partial charge >= 0.3 is 0 Å². The third-order valence-corrected chi connectivity index (χ3v) is 12.7. The Kier molecular flexibility index (Phi) is 13.4. The highest BCUT2D eigenvalue weighted by molar-refractivity contribution is 5.81. The van der Waals surface area contributed by atoms with Gasteiger partial charge in [0.15, 0.2) is 0 Å². The highest BCUT2D eigenvalue weighted by Crippen LogP contribution is 2.40. The van der Waals surface area contributed by atoms with Gasteiger partial charge in [-0.25, -0.2) is 0 Å². The van der Waals surface area contributed by atoms with E-state index in [2.05, 4.69) is 267 Å². The topological polar surface area (TPSA) is 6.48 Å². The van der Waals surface area contributed by atoms with Gasteiger partial charge in [0.25, 0.3) is 0 Å². The predicted molar refractivity (Wildman–Crippen MR) is 276 cm³/mol. The van der Waals surface area contributed by atoms with E-state index < -0.39 is 0 Å². The van der Waals surface area contributed by atoms with Gasteiger partial charge in [-0.2, -0.15) is 0 Å². The average Bonchev–Trinajstić information content (AvgIpc) is 3.34. The van der Waals surface area contributed by atoms with E-state index in [1.807, 2.05) is 0 Å². The molecule has 0 bridgehead atoms. The summed E-state index contributed by atoms with van der Waals surface area (Å²) in [6, 6.07) is 87.0. The van der Waals surface area contributed by atoms with Crippen LogP contribution in [0.5, 0.6) is 0 Å². The average molecular weight is 843 g/mol. The molecule has 0 aliphatic rings. The Morgan fingerprint density at radius 3 is 1.28 bits per heavy atom. The molecule has 0 aliphatic carbocycles. The Balaban J connectivity index is 1.05. The molecule has 0 fully saturated rings. The number of hydrogen-bond acceptors (Lipinski definition) is 2. The van der Waals surface area contributed by atoms with Gasteiger partial charge in [-0.3, -0.25) is 0 Å². The zero-order chi connectivity index (χ0) is 44.4. The fourth-order valence-corrected chi connectivity index (χ4v) is 9.39. The highest BCUT2D eigenvalue weighted by Gasteiger charge is 2.20. The van der Waals surface area contributed by atoms with Crippen LogP contribution in [0.4, 0.5) is 34.1 Å². The standard InChI is InChI=1S/C63H58N2/c1-47-16-13-19-50(42-47)28-33-55(53-20-7-4-8-21-53)45-51-29-34-58(35-30-51)64(60-38-40-61(41-39-60)65(57-25-11-6-12-26-57)62-27-15-18-49(3)44-62)59-36-31-52(32-37-59)46-63(54-22-9-5-10-23-54)56-24-14-17-48(2)43-56/h4-27,29-32,34-44,55,63H,28,33,45-46H2,1-3H3/t55-,63?/m0/s1. The summed E-state index contributed by atoms with van der Waals surface area (Å²) in [6.45, 7) is 6.52. The van der Waals surface area contributed by atoms with E-state index in [4.69, 9.17) is 0 Å². The summed E-state index contributed by atoms with van der Waals surface area (Å²) in [5, 5.41) is 0. The van der Waals surface area contributed by atoms with E-state index in [-0.39, 0.29) is 5.92 Å². The summed E-state index contributed by atoms with van der Waals surface area (Å²) in [6.07, 6.45) is 4.05. The van der Waals surface area contributed by atoms with Crippen LogP contribution in [-0.4, -0.2) is 0 Å². The van der Waals surface area contributed by atoms with E-state index in [0.717, 1.165) is 59.8 Å². The maximum atomic E-state index is 2.40. The van der Waals surface area contributed by atoms with Crippen molar-refractivity contribution in [1.29, 1.82) is 0 Å². The molecule has 320 valence electrons. The van der Waals surface area contributed by atoms with Crippen LogP contribution in [0.25, 0.3) is 0 Å². The first kappa shape index (κ1) is 42.9. The van der Waals surface area contributed by atoms with Crippen molar-refractivity contribution in [2.75, 3.05) is 9.80 Å². The molecule has 0 saturated carbocycles. The van der Waals surface area contributed by atoms with Crippen LogP contribution in [0, 0.1) is 20.8 Å². The lowest BCUT2D eigenvalue weighted by Gasteiger charge is -2.29. The van der Waals surface area contributed by atoms with Gasteiger partial charge in [0.05, 0.1) is 0 Å². The Morgan fingerprint density at radius 2 is 0.723 bits per heavy atom. The quantitative estimate of drug-likeness (QED) is 0.0956. The molecule has 0 spiro atoms. The monoisotopic (exact) mass is 842 g/mol. The van der Waals surface area contributed by atoms with Gasteiger partial charge in [-0.1, -0.05) is 175 Å². The largest absolute Gasteiger partial charge is 0.311 e. The van der Waals surface area contributed by atoms with Crippen molar-refractivity contribution in [3.8, 4) is 0 Å². The molecule has 0 amide bonds. The molecular weight excluding hydrogens is 785 g/mol. The smallest absolute Gasteiger partial charge is 0.0464 e. The molecule has 2 atom stereocenters. The molecule has 9 aromatic carbocycles. The molecular formula is C63H58N2. The van der Waals surface area contributed by atoms with E-state index >= 15 is 0 Å². The third-order valence-electron chi connectivity index (χ3n) is 12.7. The van der Waals surface area contributed by atoms with E-state index in [0.29, 0.717) is 5.92 Å². The van der Waals surface area contributed by atoms with Gasteiger partial charge in [0, 0.05) is 40.0 Å². The Labute approximate surface area is 387 Å². The number of hydrogen-bond donors (Lipinski definition) is 0. The lowest BCUT2D eigenvalue weighted by Crippen LogP contribution is -2.12. The van der Waals surface area contributed by atoms with E-state index in [1.54, 1.807) is 0 Å². The van der Waals surface area contributed by atoms with Crippen molar-refractivity contribution in [2.45, 2.75) is 58.3 Å². The second-order valence-electron chi connectivity index (χ2n) is 17.6. The lowest BCUT2D eigenvalue weighted by molar-refractivity contribution is 0.621. The Morgan fingerprint density at radius 1 is 0.308 bits per heavy atom. The first-order valence-corrected chi connectivity index (χ1v) is 23.2. The van der Waals surface area contributed by atoms with Crippen LogP contribution in [0.2, 0.25) is 0 Å². The number of para-hydroxylation sites is 1. The first-order chi connectivity index (χ1) is 31.9. The summed E-state index contributed by atoms with van der Waals surface area (Å²) < 4.78 is 0. The summed E-state index contributed by atoms with van der Waals surface area (Å²) in [5.74, 6) is 0.676. The minimum Gasteiger partial charge on any atom is -0.311 e. The minimum absolute atomic E-state index is 0.260. The summed E-state index contributed by atoms with van der Waals surface area (Å²) >= 11 is 0. The molecule has 0 aromatic heterocycles. The van der Waals surface area contributed by atoms with Crippen molar-refractivity contribution >= 4 is 34.1 Å². The van der Waals surface area contributed by atoms with Crippen molar-refractivity contribution in [3.63, 3.8) is 0 Å². The number of rotatable bonds is 16. The second kappa shape index (κ2) is 20.4. The summed E-state index contributed by atoms with van der Waals surface area (Å²) in [7, 11) is 0. The van der Waals surface area contributed by atoms with Crippen LogP contribution in [-0.2, 0) is 19.3 Å². The zero-order valence-corrected chi connectivity index (χ0v) is 37.9. The molecule has 9 rings (SSSR count). The number of nitrogens with zero attached hydrogens (tertiary/aromatic N) is 2. The molecule has 2 heteroatoms. The van der Waals surface area contributed by atoms with Crippen LogP contribution in [0.3, 0.4) is 0 Å². The Hall–Kier alpha value is -7.42. The van der Waals surface area contributed by atoms with Crippen molar-refractivity contribution in [2.24, 2.45) is 0 Å². The zero-order valence-electron chi connectivity index (χ0n) is 37.9. The maximum Gasteiger partial charge on any atom is 0.0464 e. The van der Waals surface area contributed by atoms with Gasteiger partial charge < -0.3 is 9.80 Å². The lowest BCUT2D eigenvalue weighted by atomic mass is 9.85. The summed E-state index contributed by atoms with van der Waals surface area (Å²) in [5.41, 5.74) is 18.7. The molecule has 0 saturated heterocycles. The molecule has 0 N–H and O–H groups in total. The molecule has 2 nitrogen and oxygen atoms in total.